The van der Waals surface area contributed by atoms with E-state index in [1.165, 1.54) is 12.3 Å². The third kappa shape index (κ3) is 2.06. The second-order valence-electron chi connectivity index (χ2n) is 2.93. The van der Waals surface area contributed by atoms with Crippen LogP contribution in [0.5, 0.6) is 0 Å². The number of rotatable bonds is 2. The number of halogens is 2. The van der Waals surface area contributed by atoms with Gasteiger partial charge in [-0.3, -0.25) is 4.79 Å². The Morgan fingerprint density at radius 1 is 1.20 bits per heavy atom. The van der Waals surface area contributed by atoms with Crippen molar-refractivity contribution in [2.24, 2.45) is 0 Å². The van der Waals surface area contributed by atoms with Crippen LogP contribution in [0, 0.1) is 0 Å². The Morgan fingerprint density at radius 3 is 2.60 bits per heavy atom. The molecule has 0 amide bonds. The van der Waals surface area contributed by atoms with Crippen LogP contribution in [0.3, 0.4) is 0 Å². The predicted octanol–water partition coefficient (Wildman–Crippen LogP) is 3.82. The van der Waals surface area contributed by atoms with E-state index in [1.54, 1.807) is 24.3 Å². The highest BCUT2D eigenvalue weighted by molar-refractivity contribution is 6.37. The van der Waals surface area contributed by atoms with Gasteiger partial charge in [-0.1, -0.05) is 23.2 Å². The summed E-state index contributed by atoms with van der Waals surface area (Å²) in [6, 6.07) is 7.96. The molecule has 0 fully saturated rings. The standard InChI is InChI=1S/C11H6Cl2O2/c12-7-3-4-8(9(13)6-7)11(14)10-2-1-5-15-10/h1-6H. The Morgan fingerprint density at radius 2 is 2.00 bits per heavy atom. The van der Waals surface area contributed by atoms with Gasteiger partial charge in [0.1, 0.15) is 0 Å². The maximum atomic E-state index is 11.8. The van der Waals surface area contributed by atoms with E-state index in [2.05, 4.69) is 0 Å². The fourth-order valence-corrected chi connectivity index (χ4v) is 1.71. The highest BCUT2D eigenvalue weighted by Crippen LogP contribution is 2.23. The molecule has 4 heteroatoms. The molecule has 0 saturated carbocycles. The molecule has 1 heterocycles. The van der Waals surface area contributed by atoms with Crippen molar-refractivity contribution in [1.29, 1.82) is 0 Å². The molecule has 0 saturated heterocycles. The zero-order chi connectivity index (χ0) is 10.8. The Labute approximate surface area is 96.4 Å². The first-order chi connectivity index (χ1) is 7.18. The summed E-state index contributed by atoms with van der Waals surface area (Å²) in [7, 11) is 0. The molecule has 2 nitrogen and oxygen atoms in total. The zero-order valence-electron chi connectivity index (χ0n) is 7.54. The number of benzene rings is 1. The molecule has 0 spiro atoms. The lowest BCUT2D eigenvalue weighted by Gasteiger charge is -2.01. The van der Waals surface area contributed by atoms with Crippen LogP contribution in [0.1, 0.15) is 16.1 Å². The smallest absolute Gasteiger partial charge is 0.229 e. The van der Waals surface area contributed by atoms with Crippen LogP contribution < -0.4 is 0 Å². The molecule has 76 valence electrons. The maximum absolute atomic E-state index is 11.8. The van der Waals surface area contributed by atoms with Crippen LogP contribution in [-0.4, -0.2) is 5.78 Å². The summed E-state index contributed by atoms with van der Waals surface area (Å²) in [6.45, 7) is 0. The van der Waals surface area contributed by atoms with Crippen LogP contribution in [-0.2, 0) is 0 Å². The normalized spacial score (nSPS) is 10.3. The number of hydrogen-bond donors (Lipinski definition) is 0. The molecule has 0 aliphatic heterocycles. The van der Waals surface area contributed by atoms with Crippen molar-refractivity contribution in [3.8, 4) is 0 Å². The molecule has 2 rings (SSSR count). The minimum absolute atomic E-state index is 0.248. The number of carbonyl (C=O) groups is 1. The Balaban J connectivity index is 2.42. The molecular weight excluding hydrogens is 235 g/mol. The summed E-state index contributed by atoms with van der Waals surface area (Å²) in [6.07, 6.45) is 1.44. The Hall–Kier alpha value is -1.25. The van der Waals surface area contributed by atoms with Gasteiger partial charge in [0.2, 0.25) is 5.78 Å². The molecule has 1 aromatic heterocycles. The van der Waals surface area contributed by atoms with Crippen molar-refractivity contribution >= 4 is 29.0 Å². The van der Waals surface area contributed by atoms with Crippen molar-refractivity contribution in [3.05, 3.63) is 58.0 Å². The topological polar surface area (TPSA) is 30.2 Å². The lowest BCUT2D eigenvalue weighted by molar-refractivity contribution is 0.101. The average Bonchev–Trinajstić information content (AvgIpc) is 2.69. The average molecular weight is 241 g/mol. The molecule has 0 bridgehead atoms. The maximum Gasteiger partial charge on any atom is 0.229 e. The van der Waals surface area contributed by atoms with Crippen LogP contribution in [0.2, 0.25) is 10.0 Å². The van der Waals surface area contributed by atoms with E-state index in [-0.39, 0.29) is 11.5 Å². The van der Waals surface area contributed by atoms with Gasteiger partial charge in [-0.25, -0.2) is 0 Å². The van der Waals surface area contributed by atoms with Crippen molar-refractivity contribution in [1.82, 2.24) is 0 Å². The van der Waals surface area contributed by atoms with Crippen LogP contribution in [0.25, 0.3) is 0 Å². The van der Waals surface area contributed by atoms with Crippen LogP contribution in [0.4, 0.5) is 0 Å². The molecule has 1 aromatic carbocycles. The Kier molecular flexibility index (Phi) is 2.80. The molecule has 0 aliphatic rings. The van der Waals surface area contributed by atoms with Gasteiger partial charge < -0.3 is 4.42 Å². The summed E-state index contributed by atoms with van der Waals surface area (Å²) < 4.78 is 4.99. The molecule has 0 atom stereocenters. The van der Waals surface area contributed by atoms with E-state index in [4.69, 9.17) is 27.6 Å². The van der Waals surface area contributed by atoms with Gasteiger partial charge in [-0.15, -0.1) is 0 Å². The number of furan rings is 1. The predicted molar refractivity (Wildman–Crippen MR) is 58.6 cm³/mol. The second kappa shape index (κ2) is 4.09. The van der Waals surface area contributed by atoms with Crippen molar-refractivity contribution in [2.45, 2.75) is 0 Å². The monoisotopic (exact) mass is 240 g/mol. The molecule has 0 unspecified atom stereocenters. The van der Waals surface area contributed by atoms with E-state index >= 15 is 0 Å². The summed E-state index contributed by atoms with van der Waals surface area (Å²) in [5.41, 5.74) is 0.385. The van der Waals surface area contributed by atoms with Crippen LogP contribution >= 0.6 is 23.2 Å². The van der Waals surface area contributed by atoms with Gasteiger partial charge >= 0.3 is 0 Å². The van der Waals surface area contributed by atoms with Gasteiger partial charge in [-0.2, -0.15) is 0 Å². The first-order valence-electron chi connectivity index (χ1n) is 4.22. The van der Waals surface area contributed by atoms with E-state index in [0.717, 1.165) is 0 Å². The Bertz CT molecular complexity index is 489. The van der Waals surface area contributed by atoms with Crippen molar-refractivity contribution in [2.75, 3.05) is 0 Å². The first-order valence-corrected chi connectivity index (χ1v) is 4.97. The fraction of sp³-hybridized carbons (Fsp3) is 0. The first kappa shape index (κ1) is 10.3. The minimum Gasteiger partial charge on any atom is -0.461 e. The summed E-state index contributed by atoms with van der Waals surface area (Å²) in [5.74, 6) is 0.0147. The fourth-order valence-electron chi connectivity index (χ4n) is 1.21. The van der Waals surface area contributed by atoms with Gasteiger partial charge in [0.15, 0.2) is 5.76 Å². The van der Waals surface area contributed by atoms with E-state index in [9.17, 15) is 4.79 Å². The molecule has 2 aromatic rings. The van der Waals surface area contributed by atoms with Crippen LogP contribution in [0.15, 0.2) is 41.0 Å². The van der Waals surface area contributed by atoms with Crippen molar-refractivity contribution in [3.63, 3.8) is 0 Å². The highest BCUT2D eigenvalue weighted by atomic mass is 35.5. The number of hydrogen-bond acceptors (Lipinski definition) is 2. The van der Waals surface area contributed by atoms with E-state index in [0.29, 0.717) is 15.6 Å². The summed E-state index contributed by atoms with van der Waals surface area (Å²) in [4.78, 5) is 11.8. The third-order valence-electron chi connectivity index (χ3n) is 1.92. The lowest BCUT2D eigenvalue weighted by Crippen LogP contribution is -2.00. The minimum atomic E-state index is -0.248. The van der Waals surface area contributed by atoms with Gasteiger partial charge in [-0.05, 0) is 30.3 Å². The molecule has 15 heavy (non-hydrogen) atoms. The number of carbonyl (C=O) groups excluding carboxylic acids is 1. The lowest BCUT2D eigenvalue weighted by atomic mass is 10.1. The largest absolute Gasteiger partial charge is 0.461 e. The third-order valence-corrected chi connectivity index (χ3v) is 2.47. The number of ketones is 1. The quantitative estimate of drug-likeness (QED) is 0.748. The van der Waals surface area contributed by atoms with E-state index in [1.807, 2.05) is 0 Å². The van der Waals surface area contributed by atoms with Gasteiger partial charge in [0, 0.05) is 10.6 Å². The van der Waals surface area contributed by atoms with Gasteiger partial charge in [0.05, 0.1) is 11.3 Å². The zero-order valence-corrected chi connectivity index (χ0v) is 9.05. The molecule has 0 aliphatic carbocycles. The SMILES string of the molecule is O=C(c1ccco1)c1ccc(Cl)cc1Cl. The molecular formula is C11H6Cl2O2. The summed E-state index contributed by atoms with van der Waals surface area (Å²) in [5, 5.41) is 0.819. The molecule has 0 N–H and O–H groups in total. The highest BCUT2D eigenvalue weighted by Gasteiger charge is 2.15. The van der Waals surface area contributed by atoms with Gasteiger partial charge in [0.25, 0.3) is 0 Å². The van der Waals surface area contributed by atoms with Crippen molar-refractivity contribution < 1.29 is 9.21 Å². The van der Waals surface area contributed by atoms with E-state index < -0.39 is 0 Å². The second-order valence-corrected chi connectivity index (χ2v) is 3.77. The summed E-state index contributed by atoms with van der Waals surface area (Å²) >= 11 is 11.6. The molecule has 0 radical (unpaired) electrons.